The number of halogens is 1. The van der Waals surface area contributed by atoms with Crippen molar-refractivity contribution in [1.29, 1.82) is 0 Å². The SMILES string of the molecule is CC(C)(C)OC(=O)NCC(O)C(O)c1ccc(CC(=O)O)cc1F. The minimum Gasteiger partial charge on any atom is -0.481 e. The van der Waals surface area contributed by atoms with Crippen molar-refractivity contribution in [2.45, 2.75) is 45.0 Å². The number of aliphatic carboxylic acids is 1. The lowest BCUT2D eigenvalue weighted by Gasteiger charge is -2.22. The molecule has 1 rings (SSSR count). The van der Waals surface area contributed by atoms with Crippen LogP contribution < -0.4 is 5.32 Å². The number of carboxylic acids is 1. The third kappa shape index (κ3) is 6.51. The van der Waals surface area contributed by atoms with Gasteiger partial charge in [-0.15, -0.1) is 0 Å². The van der Waals surface area contributed by atoms with Gasteiger partial charge in [0.1, 0.15) is 23.6 Å². The highest BCUT2D eigenvalue weighted by Gasteiger charge is 2.24. The summed E-state index contributed by atoms with van der Waals surface area (Å²) >= 11 is 0. The number of nitrogens with one attached hydrogen (secondary N) is 1. The van der Waals surface area contributed by atoms with Crippen LogP contribution in [-0.2, 0) is 16.0 Å². The predicted molar refractivity (Wildman–Crippen MR) is 82.9 cm³/mol. The molecular formula is C16H22FNO6. The van der Waals surface area contributed by atoms with Crippen molar-refractivity contribution in [2.75, 3.05) is 6.54 Å². The highest BCUT2D eigenvalue weighted by atomic mass is 19.1. The number of alkyl carbamates (subject to hydrolysis) is 1. The summed E-state index contributed by atoms with van der Waals surface area (Å²) in [5, 5.41) is 30.8. The molecule has 7 nitrogen and oxygen atoms in total. The molecule has 134 valence electrons. The second-order valence-electron chi connectivity index (χ2n) is 6.32. The van der Waals surface area contributed by atoms with Gasteiger partial charge in [0, 0.05) is 12.1 Å². The Morgan fingerprint density at radius 2 is 1.92 bits per heavy atom. The predicted octanol–water partition coefficient (Wildman–Crippen LogP) is 1.37. The maximum atomic E-state index is 14.0. The zero-order valence-corrected chi connectivity index (χ0v) is 13.7. The number of aliphatic hydroxyl groups excluding tert-OH is 2. The van der Waals surface area contributed by atoms with Crippen LogP contribution >= 0.6 is 0 Å². The molecule has 1 aromatic carbocycles. The first-order valence-electron chi connectivity index (χ1n) is 7.32. The summed E-state index contributed by atoms with van der Waals surface area (Å²) in [6.45, 7) is 4.68. The summed E-state index contributed by atoms with van der Waals surface area (Å²) in [5.41, 5.74) is -0.667. The normalized spacial score (nSPS) is 13.9. The molecule has 0 spiro atoms. The number of aliphatic hydroxyl groups is 2. The molecule has 24 heavy (non-hydrogen) atoms. The molecule has 0 aliphatic rings. The highest BCUT2D eigenvalue weighted by molar-refractivity contribution is 5.70. The maximum Gasteiger partial charge on any atom is 0.407 e. The first-order valence-corrected chi connectivity index (χ1v) is 7.32. The van der Waals surface area contributed by atoms with Crippen molar-refractivity contribution in [1.82, 2.24) is 5.32 Å². The molecule has 0 aromatic heterocycles. The zero-order chi connectivity index (χ0) is 18.5. The second kappa shape index (κ2) is 8.07. The number of carboxylic acid groups (broad SMARTS) is 1. The van der Waals surface area contributed by atoms with Gasteiger partial charge in [0.05, 0.1) is 6.42 Å². The van der Waals surface area contributed by atoms with Gasteiger partial charge in [0.15, 0.2) is 0 Å². The van der Waals surface area contributed by atoms with Crippen molar-refractivity contribution in [3.8, 4) is 0 Å². The average Bonchev–Trinajstić information content (AvgIpc) is 2.41. The third-order valence-electron chi connectivity index (χ3n) is 2.96. The Hall–Kier alpha value is -2.19. The van der Waals surface area contributed by atoms with Crippen molar-refractivity contribution >= 4 is 12.1 Å². The standard InChI is InChI=1S/C16H22FNO6/c1-16(2,3)24-15(23)18-8-12(19)14(22)10-5-4-9(6-11(10)17)7-13(20)21/h4-6,12,14,19,22H,7-8H2,1-3H3,(H,18,23)(H,20,21). The Morgan fingerprint density at radius 3 is 2.42 bits per heavy atom. The van der Waals surface area contributed by atoms with Crippen LogP contribution in [0.2, 0.25) is 0 Å². The van der Waals surface area contributed by atoms with E-state index in [0.717, 1.165) is 6.07 Å². The Labute approximate surface area is 139 Å². The van der Waals surface area contributed by atoms with Crippen molar-refractivity contribution in [2.24, 2.45) is 0 Å². The molecule has 2 unspecified atom stereocenters. The first kappa shape index (κ1) is 19.9. The minimum atomic E-state index is -1.58. The van der Waals surface area contributed by atoms with Crippen LogP contribution in [0.4, 0.5) is 9.18 Å². The van der Waals surface area contributed by atoms with Crippen LogP contribution in [0.3, 0.4) is 0 Å². The smallest absolute Gasteiger partial charge is 0.407 e. The summed E-state index contributed by atoms with van der Waals surface area (Å²) in [6.07, 6.45) is -4.17. The lowest BCUT2D eigenvalue weighted by Crippen LogP contribution is -2.39. The lowest BCUT2D eigenvalue weighted by atomic mass is 10.0. The number of benzene rings is 1. The van der Waals surface area contributed by atoms with E-state index >= 15 is 0 Å². The summed E-state index contributed by atoms with van der Waals surface area (Å²) in [4.78, 5) is 22.1. The summed E-state index contributed by atoms with van der Waals surface area (Å²) < 4.78 is 18.9. The molecule has 0 saturated heterocycles. The molecule has 1 aromatic rings. The minimum absolute atomic E-state index is 0.192. The molecule has 0 saturated carbocycles. The molecule has 8 heteroatoms. The Morgan fingerprint density at radius 1 is 1.29 bits per heavy atom. The highest BCUT2D eigenvalue weighted by Crippen LogP contribution is 2.21. The number of carbonyl (C=O) groups is 2. The molecule has 0 fully saturated rings. The van der Waals surface area contributed by atoms with E-state index in [1.54, 1.807) is 20.8 Å². The van der Waals surface area contributed by atoms with E-state index in [-0.39, 0.29) is 24.1 Å². The van der Waals surface area contributed by atoms with Gasteiger partial charge in [-0.25, -0.2) is 9.18 Å². The van der Waals surface area contributed by atoms with E-state index in [9.17, 15) is 24.2 Å². The van der Waals surface area contributed by atoms with E-state index in [1.165, 1.54) is 12.1 Å². The topological polar surface area (TPSA) is 116 Å². The van der Waals surface area contributed by atoms with Crippen molar-refractivity contribution in [3.05, 3.63) is 35.1 Å². The average molecular weight is 343 g/mol. The number of rotatable bonds is 6. The van der Waals surface area contributed by atoms with E-state index in [0.29, 0.717) is 0 Å². The van der Waals surface area contributed by atoms with Gasteiger partial charge in [-0.2, -0.15) is 0 Å². The quantitative estimate of drug-likeness (QED) is 0.620. The fraction of sp³-hybridized carbons (Fsp3) is 0.500. The lowest BCUT2D eigenvalue weighted by molar-refractivity contribution is -0.136. The molecule has 2 atom stereocenters. The zero-order valence-electron chi connectivity index (χ0n) is 13.7. The van der Waals surface area contributed by atoms with Crippen LogP contribution in [0.25, 0.3) is 0 Å². The first-order chi connectivity index (χ1) is 11.0. The van der Waals surface area contributed by atoms with Gasteiger partial charge in [-0.05, 0) is 32.4 Å². The Balaban J connectivity index is 2.67. The van der Waals surface area contributed by atoms with Gasteiger partial charge in [0.25, 0.3) is 0 Å². The van der Waals surface area contributed by atoms with Crippen LogP contribution in [0.5, 0.6) is 0 Å². The Bertz CT molecular complexity index is 599. The van der Waals surface area contributed by atoms with Crippen molar-refractivity contribution < 1.29 is 34.0 Å². The number of carbonyl (C=O) groups excluding carboxylic acids is 1. The molecule has 0 radical (unpaired) electrons. The number of amides is 1. The molecular weight excluding hydrogens is 321 g/mol. The number of hydrogen-bond donors (Lipinski definition) is 4. The van der Waals surface area contributed by atoms with Gasteiger partial charge in [-0.3, -0.25) is 4.79 Å². The van der Waals surface area contributed by atoms with Crippen LogP contribution in [0.1, 0.15) is 38.0 Å². The van der Waals surface area contributed by atoms with Gasteiger partial charge in [0.2, 0.25) is 0 Å². The van der Waals surface area contributed by atoms with Crippen LogP contribution in [-0.4, -0.2) is 45.6 Å². The maximum absolute atomic E-state index is 14.0. The van der Waals surface area contributed by atoms with E-state index in [2.05, 4.69) is 5.32 Å². The van der Waals surface area contributed by atoms with E-state index in [1.807, 2.05) is 0 Å². The summed E-state index contributed by atoms with van der Waals surface area (Å²) in [6, 6.07) is 3.54. The summed E-state index contributed by atoms with van der Waals surface area (Å²) in [5.74, 6) is -1.94. The van der Waals surface area contributed by atoms with E-state index < -0.39 is 35.7 Å². The number of hydrogen-bond acceptors (Lipinski definition) is 5. The monoisotopic (exact) mass is 343 g/mol. The Kier molecular flexibility index (Phi) is 6.68. The largest absolute Gasteiger partial charge is 0.481 e. The number of ether oxygens (including phenoxy) is 1. The fourth-order valence-corrected chi connectivity index (χ4v) is 1.92. The molecule has 4 N–H and O–H groups in total. The van der Waals surface area contributed by atoms with Crippen LogP contribution in [0, 0.1) is 5.82 Å². The van der Waals surface area contributed by atoms with Gasteiger partial charge in [-0.1, -0.05) is 12.1 Å². The molecule has 0 aliphatic carbocycles. The molecule has 0 heterocycles. The molecule has 0 bridgehead atoms. The van der Waals surface area contributed by atoms with Gasteiger partial charge < -0.3 is 25.4 Å². The summed E-state index contributed by atoms with van der Waals surface area (Å²) in [7, 11) is 0. The van der Waals surface area contributed by atoms with E-state index in [4.69, 9.17) is 9.84 Å². The second-order valence-corrected chi connectivity index (χ2v) is 6.32. The molecule has 0 aliphatic heterocycles. The van der Waals surface area contributed by atoms with Crippen molar-refractivity contribution in [3.63, 3.8) is 0 Å². The van der Waals surface area contributed by atoms with Crippen LogP contribution in [0.15, 0.2) is 18.2 Å². The molecule has 1 amide bonds. The fourth-order valence-electron chi connectivity index (χ4n) is 1.92. The third-order valence-corrected chi connectivity index (χ3v) is 2.96. The van der Waals surface area contributed by atoms with Gasteiger partial charge >= 0.3 is 12.1 Å².